The van der Waals surface area contributed by atoms with Crippen LogP contribution in [0.4, 0.5) is 4.79 Å². The highest BCUT2D eigenvalue weighted by Gasteiger charge is 2.37. The quantitative estimate of drug-likeness (QED) is 0.567. The molecule has 82 valence electrons. The van der Waals surface area contributed by atoms with E-state index in [1.165, 1.54) is 4.90 Å². The third kappa shape index (κ3) is 2.59. The second-order valence-corrected chi connectivity index (χ2v) is 4.16. The summed E-state index contributed by atoms with van der Waals surface area (Å²) >= 11 is 0. The van der Waals surface area contributed by atoms with E-state index in [-0.39, 0.29) is 25.2 Å². The van der Waals surface area contributed by atoms with Crippen molar-refractivity contribution in [2.24, 2.45) is 0 Å². The Hall–Kier alpha value is -0.810. The number of nitrogens with one attached hydrogen (secondary N) is 1. The van der Waals surface area contributed by atoms with Crippen LogP contribution in [0.25, 0.3) is 0 Å². The zero-order valence-electron chi connectivity index (χ0n) is 8.66. The lowest BCUT2D eigenvalue weighted by atomic mass is 10.1. The lowest BCUT2D eigenvalue weighted by Gasteiger charge is -2.22. The summed E-state index contributed by atoms with van der Waals surface area (Å²) in [5, 5.41) is 21.3. The summed E-state index contributed by atoms with van der Waals surface area (Å²) in [4.78, 5) is 13.0. The van der Waals surface area contributed by atoms with Gasteiger partial charge in [-0.25, -0.2) is 4.79 Å². The molecule has 1 aliphatic heterocycles. The van der Waals surface area contributed by atoms with Gasteiger partial charge in [-0.1, -0.05) is 0 Å². The van der Waals surface area contributed by atoms with Crippen molar-refractivity contribution < 1.29 is 15.0 Å². The fourth-order valence-corrected chi connectivity index (χ4v) is 1.50. The summed E-state index contributed by atoms with van der Waals surface area (Å²) in [5.74, 6) is 0. The van der Waals surface area contributed by atoms with Gasteiger partial charge in [0.15, 0.2) is 0 Å². The van der Waals surface area contributed by atoms with E-state index in [0.29, 0.717) is 13.0 Å². The number of nitrogens with zero attached hydrogens (tertiary/aromatic N) is 1. The van der Waals surface area contributed by atoms with E-state index < -0.39 is 5.60 Å². The van der Waals surface area contributed by atoms with E-state index in [2.05, 4.69) is 5.32 Å². The van der Waals surface area contributed by atoms with Crippen molar-refractivity contribution in [1.82, 2.24) is 10.2 Å². The molecular weight excluding hydrogens is 184 g/mol. The Bertz CT molecular complexity index is 220. The molecule has 0 spiro atoms. The minimum Gasteiger partial charge on any atom is -0.393 e. The molecule has 0 bridgehead atoms. The highest BCUT2D eigenvalue weighted by atomic mass is 16.3. The molecule has 0 aliphatic carbocycles. The van der Waals surface area contributed by atoms with E-state index in [9.17, 15) is 9.90 Å². The molecule has 1 heterocycles. The van der Waals surface area contributed by atoms with Crippen LogP contribution in [0.2, 0.25) is 0 Å². The summed E-state index contributed by atoms with van der Waals surface area (Å²) in [5.41, 5.74) is -1.10. The van der Waals surface area contributed by atoms with Crippen molar-refractivity contribution in [3.8, 4) is 0 Å². The Morgan fingerprint density at radius 3 is 2.71 bits per heavy atom. The second kappa shape index (κ2) is 4.14. The summed E-state index contributed by atoms with van der Waals surface area (Å²) in [6.07, 6.45) is 0.439. The number of hydrogen-bond acceptors (Lipinski definition) is 3. The van der Waals surface area contributed by atoms with Gasteiger partial charge in [-0.05, 0) is 20.3 Å². The minimum absolute atomic E-state index is 0.0883. The maximum atomic E-state index is 11.5. The van der Waals surface area contributed by atoms with Gasteiger partial charge in [-0.2, -0.15) is 0 Å². The molecule has 0 radical (unpaired) electrons. The number of hydrogen-bond donors (Lipinski definition) is 3. The molecule has 5 nitrogen and oxygen atoms in total. The summed E-state index contributed by atoms with van der Waals surface area (Å²) in [6, 6.07) is -0.0882. The standard InChI is InChI=1S/C9H18N2O3/c1-7(2)10-8(13)11-4-3-9(14,5-11)6-12/h7,12,14H,3-6H2,1-2H3,(H,10,13). The average Bonchev–Trinajstić information content (AvgIpc) is 2.48. The Balaban J connectivity index is 2.46. The van der Waals surface area contributed by atoms with Crippen molar-refractivity contribution in [3.63, 3.8) is 0 Å². The van der Waals surface area contributed by atoms with Crippen LogP contribution < -0.4 is 5.32 Å². The van der Waals surface area contributed by atoms with Crippen LogP contribution in [-0.2, 0) is 0 Å². The number of urea groups is 1. The van der Waals surface area contributed by atoms with E-state index in [1.807, 2.05) is 13.8 Å². The van der Waals surface area contributed by atoms with Crippen LogP contribution in [0.5, 0.6) is 0 Å². The summed E-state index contributed by atoms with van der Waals surface area (Å²) in [6.45, 7) is 4.18. The highest BCUT2D eigenvalue weighted by molar-refractivity contribution is 5.74. The van der Waals surface area contributed by atoms with E-state index in [1.54, 1.807) is 0 Å². The monoisotopic (exact) mass is 202 g/mol. The van der Waals surface area contributed by atoms with Crippen molar-refractivity contribution in [2.75, 3.05) is 19.7 Å². The van der Waals surface area contributed by atoms with Crippen LogP contribution in [0, 0.1) is 0 Å². The number of amides is 2. The average molecular weight is 202 g/mol. The molecule has 1 rings (SSSR count). The van der Waals surface area contributed by atoms with Crippen molar-refractivity contribution in [1.29, 1.82) is 0 Å². The largest absolute Gasteiger partial charge is 0.393 e. The first-order valence-electron chi connectivity index (χ1n) is 4.85. The first-order chi connectivity index (χ1) is 6.47. The summed E-state index contributed by atoms with van der Waals surface area (Å²) < 4.78 is 0. The van der Waals surface area contributed by atoms with Crippen LogP contribution >= 0.6 is 0 Å². The van der Waals surface area contributed by atoms with Crippen LogP contribution in [-0.4, -0.2) is 52.5 Å². The van der Waals surface area contributed by atoms with E-state index in [4.69, 9.17) is 5.11 Å². The number of rotatable bonds is 2. The third-order valence-corrected chi connectivity index (χ3v) is 2.33. The molecule has 0 aromatic rings. The van der Waals surface area contributed by atoms with Crippen molar-refractivity contribution in [3.05, 3.63) is 0 Å². The molecule has 2 amide bonds. The Morgan fingerprint density at radius 1 is 1.64 bits per heavy atom. The predicted molar refractivity (Wildman–Crippen MR) is 51.9 cm³/mol. The third-order valence-electron chi connectivity index (χ3n) is 2.33. The lowest BCUT2D eigenvalue weighted by molar-refractivity contribution is -0.00284. The molecule has 1 fully saturated rings. The zero-order chi connectivity index (χ0) is 10.8. The fourth-order valence-electron chi connectivity index (χ4n) is 1.50. The minimum atomic E-state index is -1.10. The molecule has 0 aromatic heterocycles. The van der Waals surface area contributed by atoms with Gasteiger partial charge in [0.05, 0.1) is 13.2 Å². The van der Waals surface area contributed by atoms with Crippen molar-refractivity contribution in [2.45, 2.75) is 31.9 Å². The smallest absolute Gasteiger partial charge is 0.317 e. The molecular formula is C9H18N2O3. The maximum absolute atomic E-state index is 11.5. The molecule has 3 N–H and O–H groups in total. The molecule has 1 atom stereocenters. The first kappa shape index (κ1) is 11.3. The van der Waals surface area contributed by atoms with Crippen LogP contribution in [0.15, 0.2) is 0 Å². The number of carbonyl (C=O) groups excluding carboxylic acids is 1. The Kier molecular flexibility index (Phi) is 3.34. The van der Waals surface area contributed by atoms with Gasteiger partial charge in [0.25, 0.3) is 0 Å². The van der Waals surface area contributed by atoms with Gasteiger partial charge in [-0.15, -0.1) is 0 Å². The number of β-amino-alcohol motifs (C(OH)–C–C–N with tert-alkyl or cyclic N) is 1. The number of aliphatic hydroxyl groups is 2. The van der Waals surface area contributed by atoms with Crippen molar-refractivity contribution >= 4 is 6.03 Å². The SMILES string of the molecule is CC(C)NC(=O)N1CCC(O)(CO)C1. The predicted octanol–water partition coefficient (Wildman–Crippen LogP) is -0.467. The Morgan fingerprint density at radius 2 is 2.29 bits per heavy atom. The van der Waals surface area contributed by atoms with Gasteiger partial charge in [0.2, 0.25) is 0 Å². The molecule has 0 saturated carbocycles. The fraction of sp³-hybridized carbons (Fsp3) is 0.889. The molecule has 14 heavy (non-hydrogen) atoms. The van der Waals surface area contributed by atoms with E-state index >= 15 is 0 Å². The molecule has 1 saturated heterocycles. The Labute approximate surface area is 83.7 Å². The molecule has 0 aromatic carbocycles. The van der Waals surface area contributed by atoms with Gasteiger partial charge < -0.3 is 20.4 Å². The maximum Gasteiger partial charge on any atom is 0.317 e. The van der Waals surface area contributed by atoms with Gasteiger partial charge >= 0.3 is 6.03 Å². The molecule has 5 heteroatoms. The first-order valence-corrected chi connectivity index (χ1v) is 4.85. The summed E-state index contributed by atoms with van der Waals surface area (Å²) in [7, 11) is 0. The van der Waals surface area contributed by atoms with Gasteiger partial charge in [-0.3, -0.25) is 0 Å². The van der Waals surface area contributed by atoms with Crippen LogP contribution in [0.3, 0.4) is 0 Å². The highest BCUT2D eigenvalue weighted by Crippen LogP contribution is 2.20. The number of carbonyl (C=O) groups is 1. The van der Waals surface area contributed by atoms with Crippen LogP contribution in [0.1, 0.15) is 20.3 Å². The molecule has 1 unspecified atom stereocenters. The lowest BCUT2D eigenvalue weighted by Crippen LogP contribution is -2.44. The topological polar surface area (TPSA) is 72.8 Å². The normalized spacial score (nSPS) is 27.1. The number of aliphatic hydroxyl groups excluding tert-OH is 1. The second-order valence-electron chi connectivity index (χ2n) is 4.16. The zero-order valence-corrected chi connectivity index (χ0v) is 8.66. The number of likely N-dealkylation sites (tertiary alicyclic amines) is 1. The van der Waals surface area contributed by atoms with E-state index in [0.717, 1.165) is 0 Å². The molecule has 1 aliphatic rings. The van der Waals surface area contributed by atoms with Gasteiger partial charge in [0, 0.05) is 12.6 Å². The van der Waals surface area contributed by atoms with Gasteiger partial charge in [0.1, 0.15) is 5.60 Å².